The molecular formula is C9H22N2O2S. The van der Waals surface area contributed by atoms with Gasteiger partial charge in [-0.3, -0.25) is 0 Å². The highest BCUT2D eigenvalue weighted by atomic mass is 32.2. The summed E-state index contributed by atoms with van der Waals surface area (Å²) in [5.41, 5.74) is 5.30. The van der Waals surface area contributed by atoms with Gasteiger partial charge in [0.2, 0.25) is 10.0 Å². The minimum Gasteiger partial charge on any atom is -0.330 e. The lowest BCUT2D eigenvalue weighted by Crippen LogP contribution is -2.39. The summed E-state index contributed by atoms with van der Waals surface area (Å²) in [4.78, 5) is 0. The van der Waals surface area contributed by atoms with Gasteiger partial charge in [-0.15, -0.1) is 0 Å². The summed E-state index contributed by atoms with van der Waals surface area (Å²) in [5.74, 6) is 0.168. The molecule has 0 aliphatic carbocycles. The lowest BCUT2D eigenvalue weighted by molar-refractivity contribution is 0.353. The van der Waals surface area contributed by atoms with Crippen molar-refractivity contribution in [1.82, 2.24) is 4.31 Å². The Morgan fingerprint density at radius 1 is 1.36 bits per heavy atom. The van der Waals surface area contributed by atoms with Crippen molar-refractivity contribution in [3.05, 3.63) is 0 Å². The van der Waals surface area contributed by atoms with E-state index in [9.17, 15) is 8.42 Å². The van der Waals surface area contributed by atoms with Crippen molar-refractivity contribution >= 4 is 10.0 Å². The zero-order valence-electron chi connectivity index (χ0n) is 9.36. The molecule has 0 fully saturated rings. The third-order valence-corrected chi connectivity index (χ3v) is 4.11. The van der Waals surface area contributed by atoms with Gasteiger partial charge in [0.05, 0.1) is 5.75 Å². The van der Waals surface area contributed by atoms with Crippen molar-refractivity contribution in [1.29, 1.82) is 0 Å². The largest absolute Gasteiger partial charge is 0.330 e. The molecule has 0 aromatic heterocycles. The lowest BCUT2D eigenvalue weighted by Gasteiger charge is -2.25. The van der Waals surface area contributed by atoms with Crippen LogP contribution in [0.3, 0.4) is 0 Å². The molecule has 0 aromatic carbocycles. The number of rotatable bonds is 7. The molecule has 86 valence electrons. The maximum atomic E-state index is 11.8. The second kappa shape index (κ2) is 6.37. The fourth-order valence-electron chi connectivity index (χ4n) is 1.32. The molecule has 0 bridgehead atoms. The molecule has 0 spiro atoms. The van der Waals surface area contributed by atoms with E-state index >= 15 is 0 Å². The van der Waals surface area contributed by atoms with Gasteiger partial charge in [0, 0.05) is 12.6 Å². The summed E-state index contributed by atoms with van der Waals surface area (Å²) in [6.07, 6.45) is 1.38. The van der Waals surface area contributed by atoms with Crippen LogP contribution in [0.4, 0.5) is 0 Å². The Kier molecular flexibility index (Phi) is 6.31. The fraction of sp³-hybridized carbons (Fsp3) is 1.00. The van der Waals surface area contributed by atoms with E-state index in [1.807, 2.05) is 20.8 Å². The van der Waals surface area contributed by atoms with Gasteiger partial charge in [-0.25, -0.2) is 8.42 Å². The molecule has 5 heteroatoms. The van der Waals surface area contributed by atoms with Crippen molar-refractivity contribution in [3.63, 3.8) is 0 Å². The first-order chi connectivity index (χ1) is 6.45. The van der Waals surface area contributed by atoms with Crippen molar-refractivity contribution in [2.24, 2.45) is 5.73 Å². The van der Waals surface area contributed by atoms with Crippen LogP contribution in [0.2, 0.25) is 0 Å². The topological polar surface area (TPSA) is 63.4 Å². The van der Waals surface area contributed by atoms with Crippen molar-refractivity contribution in [3.8, 4) is 0 Å². The molecule has 0 atom stereocenters. The predicted molar refractivity (Wildman–Crippen MR) is 59.6 cm³/mol. The number of nitrogens with zero attached hydrogens (tertiary/aromatic N) is 1. The van der Waals surface area contributed by atoms with Crippen LogP contribution < -0.4 is 5.73 Å². The van der Waals surface area contributed by atoms with E-state index in [2.05, 4.69) is 0 Å². The Hall–Kier alpha value is -0.130. The highest BCUT2D eigenvalue weighted by Crippen LogP contribution is 2.09. The highest BCUT2D eigenvalue weighted by Gasteiger charge is 2.22. The Morgan fingerprint density at radius 3 is 2.29 bits per heavy atom. The molecule has 0 unspecified atom stereocenters. The molecule has 0 saturated carbocycles. The average molecular weight is 222 g/mol. The van der Waals surface area contributed by atoms with Crippen molar-refractivity contribution < 1.29 is 8.42 Å². The second-order valence-corrected chi connectivity index (χ2v) is 5.70. The molecule has 0 rings (SSSR count). The molecular weight excluding hydrogens is 200 g/mol. The number of nitrogens with two attached hydrogens (primary N) is 1. The summed E-state index contributed by atoms with van der Waals surface area (Å²) >= 11 is 0. The molecule has 2 N–H and O–H groups in total. The number of hydrogen-bond donors (Lipinski definition) is 1. The lowest BCUT2D eigenvalue weighted by atomic mass is 10.4. The smallest absolute Gasteiger partial charge is 0.214 e. The monoisotopic (exact) mass is 222 g/mol. The summed E-state index contributed by atoms with van der Waals surface area (Å²) in [6, 6.07) is 0.0396. The Balaban J connectivity index is 4.46. The first kappa shape index (κ1) is 13.9. The number of hydrogen-bond acceptors (Lipinski definition) is 3. The average Bonchev–Trinajstić information content (AvgIpc) is 2.10. The molecule has 4 nitrogen and oxygen atoms in total. The minimum absolute atomic E-state index is 0.0396. The highest BCUT2D eigenvalue weighted by molar-refractivity contribution is 7.89. The quantitative estimate of drug-likeness (QED) is 0.692. The van der Waals surface area contributed by atoms with Gasteiger partial charge >= 0.3 is 0 Å². The van der Waals surface area contributed by atoms with E-state index in [0.717, 1.165) is 6.42 Å². The molecule has 0 aliphatic heterocycles. The van der Waals surface area contributed by atoms with Crippen LogP contribution in [0.25, 0.3) is 0 Å². The zero-order valence-corrected chi connectivity index (χ0v) is 10.2. The van der Waals surface area contributed by atoms with E-state index in [-0.39, 0.29) is 11.8 Å². The normalized spacial score (nSPS) is 12.7. The summed E-state index contributed by atoms with van der Waals surface area (Å²) in [6.45, 7) is 6.81. The maximum Gasteiger partial charge on any atom is 0.214 e. The van der Waals surface area contributed by atoms with Crippen LogP contribution in [-0.2, 0) is 10.0 Å². The van der Waals surface area contributed by atoms with Gasteiger partial charge in [-0.2, -0.15) is 4.31 Å². The summed E-state index contributed by atoms with van der Waals surface area (Å²) in [5, 5.41) is 0. The molecule has 0 amide bonds. The van der Waals surface area contributed by atoms with Crippen molar-refractivity contribution in [2.45, 2.75) is 39.7 Å². The van der Waals surface area contributed by atoms with E-state index in [4.69, 9.17) is 5.73 Å². The first-order valence-electron chi connectivity index (χ1n) is 5.15. The van der Waals surface area contributed by atoms with Gasteiger partial charge in [0.25, 0.3) is 0 Å². The molecule has 0 aliphatic rings. The standard InChI is InChI=1S/C9H22N2O2S/c1-4-7-11(9(2)3)14(12,13)8-5-6-10/h9H,4-8,10H2,1-3H3. The van der Waals surface area contributed by atoms with Gasteiger partial charge < -0.3 is 5.73 Å². The van der Waals surface area contributed by atoms with Crippen molar-refractivity contribution in [2.75, 3.05) is 18.8 Å². The van der Waals surface area contributed by atoms with Crippen LogP contribution >= 0.6 is 0 Å². The van der Waals surface area contributed by atoms with Crippen LogP contribution in [0, 0.1) is 0 Å². The minimum atomic E-state index is -3.09. The second-order valence-electron chi connectivity index (χ2n) is 3.66. The molecule has 0 aromatic rings. The van der Waals surface area contributed by atoms with Gasteiger partial charge in [-0.05, 0) is 33.2 Å². The van der Waals surface area contributed by atoms with Crippen LogP contribution in [0.15, 0.2) is 0 Å². The molecule has 0 radical (unpaired) electrons. The molecule has 14 heavy (non-hydrogen) atoms. The predicted octanol–water partition coefficient (Wildman–Crippen LogP) is 0.785. The summed E-state index contributed by atoms with van der Waals surface area (Å²) in [7, 11) is -3.09. The van der Waals surface area contributed by atoms with Crippen LogP contribution in [0.5, 0.6) is 0 Å². The third kappa shape index (κ3) is 4.39. The number of sulfonamides is 1. The van der Waals surface area contributed by atoms with E-state index in [1.165, 1.54) is 0 Å². The summed E-state index contributed by atoms with van der Waals surface area (Å²) < 4.78 is 25.1. The molecule has 0 heterocycles. The third-order valence-electron chi connectivity index (χ3n) is 1.98. The Bertz CT molecular complexity index is 237. The van der Waals surface area contributed by atoms with Gasteiger partial charge in [0.15, 0.2) is 0 Å². The molecule has 0 saturated heterocycles. The SMILES string of the molecule is CCCN(C(C)C)S(=O)(=O)CCCN. The fourth-order valence-corrected chi connectivity index (χ4v) is 3.19. The van der Waals surface area contributed by atoms with Crippen LogP contribution in [0.1, 0.15) is 33.6 Å². The van der Waals surface area contributed by atoms with Gasteiger partial charge in [0.1, 0.15) is 0 Å². The Labute approximate surface area is 87.5 Å². The van der Waals surface area contributed by atoms with Gasteiger partial charge in [-0.1, -0.05) is 6.92 Å². The zero-order chi connectivity index (χ0) is 11.2. The van der Waals surface area contributed by atoms with E-state index < -0.39 is 10.0 Å². The van der Waals surface area contributed by atoms with E-state index in [1.54, 1.807) is 4.31 Å². The maximum absolute atomic E-state index is 11.8. The van der Waals surface area contributed by atoms with Crippen LogP contribution in [-0.4, -0.2) is 37.6 Å². The van der Waals surface area contributed by atoms with E-state index in [0.29, 0.717) is 19.5 Å². The Morgan fingerprint density at radius 2 is 1.93 bits per heavy atom. The first-order valence-corrected chi connectivity index (χ1v) is 6.76.